The number of carboxylic acids is 1. The van der Waals surface area contributed by atoms with Gasteiger partial charge in [-0.25, -0.2) is 9.78 Å². The van der Waals surface area contributed by atoms with Crippen molar-refractivity contribution >= 4 is 23.7 Å². The average Bonchev–Trinajstić information content (AvgIpc) is 3.35. The standard InChI is InChI=1S/C32H34N4O7/c1-20(2)42-32(40)34-18-25-17-27(12-10-22(25)11-13-29(37)38)41-16-14-28-21(3)43-31(36-28)24-8-6-23(7-9-24)30(39)35-26-5-4-15-33-19-26/h4-10,12,15,17,19-20H,11,13-14,16,18H2,1-3H3,(H,34,40)(H,35,39)(H,37,38). The molecule has 0 saturated heterocycles. The molecule has 2 aromatic heterocycles. The minimum Gasteiger partial charge on any atom is -0.493 e. The van der Waals surface area contributed by atoms with Crippen LogP contribution in [0.4, 0.5) is 10.5 Å². The predicted molar refractivity (Wildman–Crippen MR) is 159 cm³/mol. The molecule has 0 bridgehead atoms. The number of alkyl carbamates (subject to hydrolysis) is 1. The first-order chi connectivity index (χ1) is 20.7. The van der Waals surface area contributed by atoms with Gasteiger partial charge >= 0.3 is 12.1 Å². The van der Waals surface area contributed by atoms with Gasteiger partial charge in [0.25, 0.3) is 5.91 Å². The van der Waals surface area contributed by atoms with Gasteiger partial charge in [0.2, 0.25) is 5.89 Å². The van der Waals surface area contributed by atoms with Gasteiger partial charge < -0.3 is 29.6 Å². The lowest BCUT2D eigenvalue weighted by Crippen LogP contribution is -2.26. The highest BCUT2D eigenvalue weighted by Gasteiger charge is 2.14. The number of anilines is 1. The Labute approximate surface area is 249 Å². The summed E-state index contributed by atoms with van der Waals surface area (Å²) in [6, 6.07) is 15.9. The molecule has 4 aromatic rings. The minimum absolute atomic E-state index is 0.0290. The number of nitrogens with zero attached hydrogens (tertiary/aromatic N) is 2. The van der Waals surface area contributed by atoms with Crippen LogP contribution < -0.4 is 15.4 Å². The molecule has 43 heavy (non-hydrogen) atoms. The highest BCUT2D eigenvalue weighted by atomic mass is 16.6. The van der Waals surface area contributed by atoms with Gasteiger partial charge in [0, 0.05) is 36.7 Å². The molecular weight excluding hydrogens is 552 g/mol. The summed E-state index contributed by atoms with van der Waals surface area (Å²) >= 11 is 0. The normalized spacial score (nSPS) is 10.8. The summed E-state index contributed by atoms with van der Waals surface area (Å²) in [7, 11) is 0. The van der Waals surface area contributed by atoms with E-state index in [0.717, 1.165) is 22.4 Å². The molecule has 11 heteroatoms. The highest BCUT2D eigenvalue weighted by Crippen LogP contribution is 2.24. The van der Waals surface area contributed by atoms with Crippen molar-refractivity contribution in [2.75, 3.05) is 11.9 Å². The van der Waals surface area contributed by atoms with Gasteiger partial charge in [0.15, 0.2) is 0 Å². The summed E-state index contributed by atoms with van der Waals surface area (Å²) in [5.41, 5.74) is 4.13. The Morgan fingerprint density at radius 2 is 1.81 bits per heavy atom. The number of hydrogen-bond acceptors (Lipinski definition) is 8. The molecule has 0 radical (unpaired) electrons. The summed E-state index contributed by atoms with van der Waals surface area (Å²) in [6.07, 6.45) is 3.18. The summed E-state index contributed by atoms with van der Waals surface area (Å²) in [4.78, 5) is 44.2. The lowest BCUT2D eigenvalue weighted by Gasteiger charge is -2.14. The number of pyridine rings is 1. The lowest BCUT2D eigenvalue weighted by molar-refractivity contribution is -0.136. The van der Waals surface area contributed by atoms with Crippen molar-refractivity contribution in [1.29, 1.82) is 0 Å². The summed E-state index contributed by atoms with van der Waals surface area (Å²) in [5.74, 6) is 0.536. The molecule has 2 aromatic carbocycles. The van der Waals surface area contributed by atoms with Crippen LogP contribution in [-0.4, -0.2) is 45.8 Å². The molecule has 0 saturated carbocycles. The number of aryl methyl sites for hydroxylation is 2. The molecule has 11 nitrogen and oxygen atoms in total. The smallest absolute Gasteiger partial charge is 0.407 e. The van der Waals surface area contributed by atoms with Crippen molar-refractivity contribution in [2.24, 2.45) is 0 Å². The van der Waals surface area contributed by atoms with Crippen molar-refractivity contribution in [3.05, 3.63) is 95.1 Å². The van der Waals surface area contributed by atoms with Crippen LogP contribution in [-0.2, 0) is 28.9 Å². The Morgan fingerprint density at radius 1 is 1.02 bits per heavy atom. The third-order valence-corrected chi connectivity index (χ3v) is 6.37. The van der Waals surface area contributed by atoms with Crippen LogP contribution in [0.5, 0.6) is 5.75 Å². The quantitative estimate of drug-likeness (QED) is 0.182. The number of rotatable bonds is 13. The molecule has 0 aliphatic carbocycles. The zero-order valence-corrected chi connectivity index (χ0v) is 24.3. The Morgan fingerprint density at radius 3 is 2.51 bits per heavy atom. The van der Waals surface area contributed by atoms with Gasteiger partial charge in [0.1, 0.15) is 11.5 Å². The number of oxazole rings is 1. The van der Waals surface area contributed by atoms with Gasteiger partial charge in [-0.05, 0) is 86.8 Å². The third kappa shape index (κ3) is 9.15. The number of benzene rings is 2. The van der Waals surface area contributed by atoms with E-state index in [1.807, 2.05) is 13.0 Å². The van der Waals surface area contributed by atoms with E-state index in [-0.39, 0.29) is 25.0 Å². The monoisotopic (exact) mass is 586 g/mol. The lowest BCUT2D eigenvalue weighted by atomic mass is 10.0. The van der Waals surface area contributed by atoms with Crippen LogP contribution in [0.1, 0.15) is 53.2 Å². The van der Waals surface area contributed by atoms with E-state index in [1.165, 1.54) is 0 Å². The van der Waals surface area contributed by atoms with Gasteiger partial charge in [0.05, 0.1) is 30.3 Å². The van der Waals surface area contributed by atoms with Crippen molar-refractivity contribution in [3.63, 3.8) is 0 Å². The molecule has 0 fully saturated rings. The average molecular weight is 587 g/mol. The van der Waals surface area contributed by atoms with E-state index >= 15 is 0 Å². The van der Waals surface area contributed by atoms with Crippen LogP contribution in [0, 0.1) is 6.92 Å². The van der Waals surface area contributed by atoms with Gasteiger partial charge in [-0.2, -0.15) is 0 Å². The van der Waals surface area contributed by atoms with Crippen LogP contribution in [0.3, 0.4) is 0 Å². The molecule has 2 amide bonds. The predicted octanol–water partition coefficient (Wildman–Crippen LogP) is 5.57. The second kappa shape index (κ2) is 14.6. The maximum absolute atomic E-state index is 12.5. The number of hydrogen-bond donors (Lipinski definition) is 3. The van der Waals surface area contributed by atoms with Crippen molar-refractivity contribution in [1.82, 2.24) is 15.3 Å². The number of carbonyl (C=O) groups is 3. The molecule has 224 valence electrons. The maximum Gasteiger partial charge on any atom is 0.407 e. The zero-order chi connectivity index (χ0) is 30.8. The SMILES string of the molecule is Cc1oc(-c2ccc(C(=O)Nc3cccnc3)cc2)nc1CCOc1ccc(CCC(=O)O)c(CNC(=O)OC(C)C)c1. The molecule has 4 rings (SSSR count). The first kappa shape index (κ1) is 30.8. The fraction of sp³-hybridized carbons (Fsp3) is 0.281. The first-order valence-corrected chi connectivity index (χ1v) is 13.9. The fourth-order valence-corrected chi connectivity index (χ4v) is 4.22. The number of aliphatic carboxylic acids is 1. The Kier molecular flexibility index (Phi) is 10.5. The van der Waals surface area contributed by atoms with Crippen LogP contribution >= 0.6 is 0 Å². The molecule has 0 aliphatic rings. The highest BCUT2D eigenvalue weighted by molar-refractivity contribution is 6.04. The van der Waals surface area contributed by atoms with E-state index in [4.69, 9.17) is 19.0 Å². The number of nitrogens with one attached hydrogen (secondary N) is 2. The van der Waals surface area contributed by atoms with E-state index in [2.05, 4.69) is 20.6 Å². The maximum atomic E-state index is 12.5. The molecular formula is C32H34N4O7. The Balaban J connectivity index is 1.36. The number of amides is 2. The number of carbonyl (C=O) groups excluding carboxylic acids is 2. The molecule has 0 spiro atoms. The Bertz CT molecular complexity index is 1550. The van der Waals surface area contributed by atoms with E-state index in [9.17, 15) is 14.4 Å². The number of ether oxygens (including phenoxy) is 2. The van der Waals surface area contributed by atoms with Crippen molar-refractivity contribution in [2.45, 2.75) is 52.7 Å². The number of aromatic nitrogens is 2. The minimum atomic E-state index is -0.900. The molecule has 0 atom stereocenters. The summed E-state index contributed by atoms with van der Waals surface area (Å²) in [5, 5.41) is 14.6. The number of carboxylic acid groups (broad SMARTS) is 1. The fourth-order valence-electron chi connectivity index (χ4n) is 4.22. The second-order valence-electron chi connectivity index (χ2n) is 10.0. The largest absolute Gasteiger partial charge is 0.493 e. The second-order valence-corrected chi connectivity index (χ2v) is 10.0. The summed E-state index contributed by atoms with van der Waals surface area (Å²) in [6.45, 7) is 5.84. The molecule has 3 N–H and O–H groups in total. The summed E-state index contributed by atoms with van der Waals surface area (Å²) < 4.78 is 17.0. The molecule has 0 aliphatic heterocycles. The topological polar surface area (TPSA) is 153 Å². The first-order valence-electron chi connectivity index (χ1n) is 13.9. The van der Waals surface area contributed by atoms with E-state index in [0.29, 0.717) is 48.1 Å². The van der Waals surface area contributed by atoms with Crippen molar-refractivity contribution in [3.8, 4) is 17.2 Å². The van der Waals surface area contributed by atoms with E-state index in [1.54, 1.807) is 74.8 Å². The van der Waals surface area contributed by atoms with Gasteiger partial charge in [-0.3, -0.25) is 14.6 Å². The van der Waals surface area contributed by atoms with Gasteiger partial charge in [-0.1, -0.05) is 6.07 Å². The Hall–Kier alpha value is -5.19. The third-order valence-electron chi connectivity index (χ3n) is 6.37. The molecule has 2 heterocycles. The molecule has 0 unspecified atom stereocenters. The van der Waals surface area contributed by atoms with Crippen molar-refractivity contribution < 1.29 is 33.4 Å². The van der Waals surface area contributed by atoms with Crippen LogP contribution in [0.2, 0.25) is 0 Å². The zero-order valence-electron chi connectivity index (χ0n) is 24.3. The van der Waals surface area contributed by atoms with Crippen LogP contribution in [0.15, 0.2) is 71.4 Å². The van der Waals surface area contributed by atoms with E-state index < -0.39 is 12.1 Å². The van der Waals surface area contributed by atoms with Gasteiger partial charge in [-0.15, -0.1) is 0 Å². The van der Waals surface area contributed by atoms with Crippen LogP contribution in [0.25, 0.3) is 11.5 Å².